The van der Waals surface area contributed by atoms with Gasteiger partial charge < -0.3 is 19.1 Å². The number of carbonyl (C=O) groups is 1. The number of hydrogen-bond acceptors (Lipinski definition) is 8. The first-order valence-corrected chi connectivity index (χ1v) is 13.1. The van der Waals surface area contributed by atoms with Crippen molar-refractivity contribution in [1.29, 1.82) is 0 Å². The molecule has 180 valence electrons. The van der Waals surface area contributed by atoms with Crippen molar-refractivity contribution in [3.63, 3.8) is 0 Å². The molecule has 2 heterocycles. The van der Waals surface area contributed by atoms with Gasteiger partial charge in [0.1, 0.15) is 18.5 Å². The van der Waals surface area contributed by atoms with Crippen LogP contribution in [0.4, 0.5) is 4.79 Å². The van der Waals surface area contributed by atoms with E-state index in [9.17, 15) is 13.2 Å². The van der Waals surface area contributed by atoms with Crippen LogP contribution in [-0.2, 0) is 14.8 Å². The lowest BCUT2D eigenvalue weighted by Gasteiger charge is -2.32. The molecule has 1 aromatic rings. The largest absolute Gasteiger partial charge is 0.474 e. The van der Waals surface area contributed by atoms with E-state index in [2.05, 4.69) is 14.7 Å². The second-order valence-electron chi connectivity index (χ2n) is 8.83. The molecule has 0 radical (unpaired) electrons. The fourth-order valence-corrected chi connectivity index (χ4v) is 4.85. The number of hydrogen-bond donors (Lipinski definition) is 1. The van der Waals surface area contributed by atoms with Crippen molar-refractivity contribution in [2.24, 2.45) is 0 Å². The van der Waals surface area contributed by atoms with Crippen LogP contribution in [-0.4, -0.2) is 73.1 Å². The number of rotatable bonds is 7. The fourth-order valence-electron chi connectivity index (χ4n) is 4.01. The third kappa shape index (κ3) is 7.19. The highest BCUT2D eigenvalue weighted by atomic mass is 32.2. The molecule has 0 spiro atoms. The Balaban J connectivity index is 1.50. The number of carbonyl (C=O) groups excluding carboxylic acids is 1. The number of piperidine rings is 1. The summed E-state index contributed by atoms with van der Waals surface area (Å²) in [5, 5.41) is 0. The zero-order valence-corrected chi connectivity index (χ0v) is 20.1. The molecule has 10 nitrogen and oxygen atoms in total. The van der Waals surface area contributed by atoms with Crippen molar-refractivity contribution in [3.05, 3.63) is 11.9 Å². The predicted molar refractivity (Wildman–Crippen MR) is 118 cm³/mol. The van der Waals surface area contributed by atoms with Gasteiger partial charge in [-0.1, -0.05) is 0 Å². The summed E-state index contributed by atoms with van der Waals surface area (Å²) >= 11 is 0. The Hall–Kier alpha value is -2.14. The van der Waals surface area contributed by atoms with Gasteiger partial charge in [0.05, 0.1) is 17.9 Å². The van der Waals surface area contributed by atoms with Gasteiger partial charge in [0.15, 0.2) is 0 Å². The van der Waals surface area contributed by atoms with E-state index in [4.69, 9.17) is 14.2 Å². The third-order valence-corrected chi connectivity index (χ3v) is 6.40. The van der Waals surface area contributed by atoms with Crippen LogP contribution in [0.25, 0.3) is 0 Å². The van der Waals surface area contributed by atoms with Crippen LogP contribution in [0.1, 0.15) is 57.9 Å². The van der Waals surface area contributed by atoms with Gasteiger partial charge in [-0.05, 0) is 46.5 Å². The highest BCUT2D eigenvalue weighted by Crippen LogP contribution is 2.29. The molecule has 1 amide bonds. The number of likely N-dealkylation sites (tertiary alicyclic amines) is 1. The normalized spacial score (nSPS) is 22.6. The smallest absolute Gasteiger partial charge is 0.410 e. The summed E-state index contributed by atoms with van der Waals surface area (Å²) in [5.41, 5.74) is 0.741. The van der Waals surface area contributed by atoms with Gasteiger partial charge in [-0.15, -0.1) is 0 Å². The third-order valence-electron chi connectivity index (χ3n) is 5.64. The summed E-state index contributed by atoms with van der Waals surface area (Å²) in [6.45, 7) is 6.70. The van der Waals surface area contributed by atoms with Gasteiger partial charge in [0.25, 0.3) is 0 Å². The molecule has 1 aliphatic carbocycles. The maximum absolute atomic E-state index is 12.0. The molecule has 0 atom stereocenters. The Labute approximate surface area is 190 Å². The minimum Gasteiger partial charge on any atom is -0.474 e. The van der Waals surface area contributed by atoms with E-state index in [1.54, 1.807) is 4.90 Å². The van der Waals surface area contributed by atoms with Crippen LogP contribution in [0, 0.1) is 6.92 Å². The molecule has 11 heteroatoms. The highest BCUT2D eigenvalue weighted by Gasteiger charge is 2.28. The van der Waals surface area contributed by atoms with Gasteiger partial charge in [-0.2, -0.15) is 0 Å². The first-order valence-electron chi connectivity index (χ1n) is 11.2. The van der Waals surface area contributed by atoms with Crippen LogP contribution in [0.5, 0.6) is 11.8 Å². The van der Waals surface area contributed by atoms with E-state index in [0.29, 0.717) is 37.7 Å². The molecular weight excluding hydrogens is 436 g/mol. The van der Waals surface area contributed by atoms with Crippen LogP contribution >= 0.6 is 0 Å². The number of ether oxygens (including phenoxy) is 3. The number of nitrogens with one attached hydrogen (secondary N) is 1. The average Bonchev–Trinajstić information content (AvgIpc) is 2.71. The van der Waals surface area contributed by atoms with Crippen molar-refractivity contribution < 1.29 is 27.4 Å². The average molecular weight is 471 g/mol. The van der Waals surface area contributed by atoms with Gasteiger partial charge in [0.2, 0.25) is 21.8 Å². The van der Waals surface area contributed by atoms with Crippen molar-refractivity contribution in [1.82, 2.24) is 19.6 Å². The number of amides is 1. The Morgan fingerprint density at radius 3 is 2.06 bits per heavy atom. The molecule has 1 N–H and O–H groups in total. The van der Waals surface area contributed by atoms with Crippen molar-refractivity contribution >= 4 is 16.1 Å². The SMILES string of the molecule is Cc1c(OC2CCN(C(=O)OC(C)C)CC2)ncnc1O[C@H]1CC[C@H](NS(C)(=O)=O)CC1. The summed E-state index contributed by atoms with van der Waals surface area (Å²) in [6.07, 6.45) is 6.47. The van der Waals surface area contributed by atoms with E-state index in [1.807, 2.05) is 20.8 Å². The number of nitrogens with zero attached hydrogens (tertiary/aromatic N) is 3. The number of sulfonamides is 1. The molecule has 1 aliphatic heterocycles. The standard InChI is InChI=1S/C21H34N4O6S/c1-14(2)29-21(26)25-11-9-18(10-12-25)31-20-15(3)19(22-13-23-20)30-17-7-5-16(6-8-17)24-32(4,27)28/h13-14,16-18,24H,5-12H2,1-4H3/t16-,17-. The summed E-state index contributed by atoms with van der Waals surface area (Å²) in [5.74, 6) is 0.984. The Morgan fingerprint density at radius 2 is 1.56 bits per heavy atom. The van der Waals surface area contributed by atoms with Gasteiger partial charge in [0, 0.05) is 32.0 Å². The van der Waals surface area contributed by atoms with Crippen LogP contribution in [0.3, 0.4) is 0 Å². The summed E-state index contributed by atoms with van der Waals surface area (Å²) < 4.78 is 43.0. The topological polar surface area (TPSA) is 120 Å². The molecule has 0 bridgehead atoms. The van der Waals surface area contributed by atoms with Crippen molar-refractivity contribution in [2.75, 3.05) is 19.3 Å². The summed E-state index contributed by atoms with van der Waals surface area (Å²) in [4.78, 5) is 22.3. The number of aromatic nitrogens is 2. The predicted octanol–water partition coefficient (Wildman–Crippen LogP) is 2.41. The van der Waals surface area contributed by atoms with Gasteiger partial charge in [-0.3, -0.25) is 0 Å². The summed E-state index contributed by atoms with van der Waals surface area (Å²) in [6, 6.07) is -0.0427. The van der Waals surface area contributed by atoms with Crippen molar-refractivity contribution in [2.45, 2.75) is 83.6 Å². The molecule has 0 aromatic carbocycles. The Kier molecular flexibility index (Phi) is 8.16. The molecular formula is C21H34N4O6S. The highest BCUT2D eigenvalue weighted by molar-refractivity contribution is 7.88. The van der Waals surface area contributed by atoms with Crippen LogP contribution < -0.4 is 14.2 Å². The molecule has 3 rings (SSSR count). The summed E-state index contributed by atoms with van der Waals surface area (Å²) in [7, 11) is -3.20. The second kappa shape index (κ2) is 10.7. The molecule has 32 heavy (non-hydrogen) atoms. The van der Waals surface area contributed by atoms with E-state index < -0.39 is 10.0 Å². The van der Waals surface area contributed by atoms with Gasteiger partial charge in [-0.25, -0.2) is 27.9 Å². The molecule has 1 saturated heterocycles. The fraction of sp³-hybridized carbons (Fsp3) is 0.762. The quantitative estimate of drug-likeness (QED) is 0.645. The molecule has 2 aliphatic rings. The lowest BCUT2D eigenvalue weighted by molar-refractivity contribution is 0.0503. The minimum absolute atomic E-state index is 0.0238. The molecule has 1 saturated carbocycles. The minimum atomic E-state index is -3.20. The maximum atomic E-state index is 12.0. The zero-order valence-electron chi connectivity index (χ0n) is 19.2. The maximum Gasteiger partial charge on any atom is 0.410 e. The first-order chi connectivity index (χ1) is 15.1. The van der Waals surface area contributed by atoms with Crippen LogP contribution in [0.2, 0.25) is 0 Å². The zero-order chi connectivity index (χ0) is 23.3. The second-order valence-corrected chi connectivity index (χ2v) is 10.6. The lowest BCUT2D eigenvalue weighted by Crippen LogP contribution is -2.42. The van der Waals surface area contributed by atoms with Gasteiger partial charge >= 0.3 is 6.09 Å². The van der Waals surface area contributed by atoms with E-state index in [1.165, 1.54) is 12.6 Å². The van der Waals surface area contributed by atoms with Crippen molar-refractivity contribution in [3.8, 4) is 11.8 Å². The monoisotopic (exact) mass is 470 g/mol. The molecule has 0 unspecified atom stereocenters. The molecule has 1 aromatic heterocycles. The van der Waals surface area contributed by atoms with Crippen LogP contribution in [0.15, 0.2) is 6.33 Å². The Bertz CT molecular complexity index is 878. The first kappa shape index (κ1) is 24.5. The Morgan fingerprint density at radius 1 is 1.03 bits per heavy atom. The van der Waals surface area contributed by atoms with E-state index in [0.717, 1.165) is 31.2 Å². The molecule has 2 fully saturated rings. The van der Waals surface area contributed by atoms with E-state index >= 15 is 0 Å². The van der Waals surface area contributed by atoms with E-state index in [-0.39, 0.29) is 30.4 Å². The lowest BCUT2D eigenvalue weighted by atomic mass is 9.94.